The molecule has 0 radical (unpaired) electrons. The Balaban J connectivity index is 1.23. The van der Waals surface area contributed by atoms with Gasteiger partial charge in [-0.1, -0.05) is 60.7 Å². The highest BCUT2D eigenvalue weighted by molar-refractivity contribution is 5.83. The fraction of sp³-hybridized carbons (Fsp3) is 0.233. The minimum atomic E-state index is -1.39. The first kappa shape index (κ1) is 23.3. The van der Waals surface area contributed by atoms with Gasteiger partial charge in [-0.25, -0.2) is 9.37 Å². The number of fused-ring (bicyclic) bond motifs is 1. The molecule has 0 spiro atoms. The largest absolute Gasteiger partial charge is 0.378 e. The number of carbonyl (C=O) groups is 1. The van der Waals surface area contributed by atoms with E-state index in [-0.39, 0.29) is 23.3 Å². The molecule has 1 amide bonds. The Kier molecular flexibility index (Phi) is 5.72. The molecule has 7 heteroatoms. The number of aromatic amines is 1. The van der Waals surface area contributed by atoms with Crippen LogP contribution < -0.4 is 5.56 Å². The maximum Gasteiger partial charge on any atom is 0.256 e. The summed E-state index contributed by atoms with van der Waals surface area (Å²) in [5, 5.41) is 10.9. The summed E-state index contributed by atoms with van der Waals surface area (Å²) in [4.78, 5) is 35.7. The number of carbonyl (C=O) groups excluding carboxylic acids is 1. The lowest BCUT2D eigenvalue weighted by Gasteiger charge is -2.30. The lowest BCUT2D eigenvalue weighted by molar-refractivity contribution is -0.141. The van der Waals surface area contributed by atoms with Crippen LogP contribution in [0, 0.1) is 5.82 Å². The van der Waals surface area contributed by atoms with Crippen molar-refractivity contribution in [3.8, 4) is 11.1 Å². The lowest BCUT2D eigenvalue weighted by atomic mass is 9.94. The van der Waals surface area contributed by atoms with Crippen LogP contribution in [0.25, 0.3) is 11.1 Å². The number of rotatable bonds is 5. The molecule has 2 heterocycles. The number of amides is 1. The molecule has 1 fully saturated rings. The summed E-state index contributed by atoms with van der Waals surface area (Å²) in [5.74, 6) is -0.144. The third kappa shape index (κ3) is 4.25. The van der Waals surface area contributed by atoms with Gasteiger partial charge >= 0.3 is 0 Å². The summed E-state index contributed by atoms with van der Waals surface area (Å²) in [7, 11) is 0. The molecule has 37 heavy (non-hydrogen) atoms. The highest BCUT2D eigenvalue weighted by Gasteiger charge is 2.48. The van der Waals surface area contributed by atoms with Gasteiger partial charge in [-0.15, -0.1) is 0 Å². The summed E-state index contributed by atoms with van der Waals surface area (Å²) < 4.78 is 13.7. The number of nitrogens with one attached hydrogen (secondary N) is 1. The van der Waals surface area contributed by atoms with Crippen molar-refractivity contribution in [2.24, 2.45) is 0 Å². The molecule has 1 aliphatic heterocycles. The summed E-state index contributed by atoms with van der Waals surface area (Å²) in [5.41, 5.74) is 3.63. The first-order chi connectivity index (χ1) is 17.9. The van der Waals surface area contributed by atoms with Crippen molar-refractivity contribution >= 4 is 5.91 Å². The summed E-state index contributed by atoms with van der Waals surface area (Å²) in [6.07, 6.45) is 0.919. The van der Waals surface area contributed by atoms with E-state index in [1.807, 2.05) is 18.2 Å². The van der Waals surface area contributed by atoms with Crippen LogP contribution in [0.1, 0.15) is 47.2 Å². The third-order valence-corrected chi connectivity index (χ3v) is 7.50. The second-order valence-electron chi connectivity index (χ2n) is 9.84. The van der Waals surface area contributed by atoms with Crippen LogP contribution in [0.15, 0.2) is 83.7 Å². The molecule has 186 valence electrons. The van der Waals surface area contributed by atoms with E-state index >= 15 is 0 Å². The first-order valence-electron chi connectivity index (χ1n) is 12.5. The highest BCUT2D eigenvalue weighted by atomic mass is 19.1. The second-order valence-corrected chi connectivity index (χ2v) is 9.84. The number of hydrogen-bond acceptors (Lipinski definition) is 4. The van der Waals surface area contributed by atoms with Crippen LogP contribution in [-0.2, 0) is 23.2 Å². The maximum atomic E-state index is 13.7. The average molecular weight is 496 g/mol. The normalized spacial score (nSPS) is 16.6. The van der Waals surface area contributed by atoms with Crippen molar-refractivity contribution in [3.05, 3.63) is 123 Å². The summed E-state index contributed by atoms with van der Waals surface area (Å²) in [6, 6.07) is 23.2. The molecule has 2 aliphatic rings. The topological polar surface area (TPSA) is 86.3 Å². The molecule has 1 saturated carbocycles. The number of benzene rings is 3. The summed E-state index contributed by atoms with van der Waals surface area (Å²) >= 11 is 0. The molecule has 1 atom stereocenters. The van der Waals surface area contributed by atoms with Gasteiger partial charge in [0.2, 0.25) is 0 Å². The third-order valence-electron chi connectivity index (χ3n) is 7.50. The van der Waals surface area contributed by atoms with Gasteiger partial charge in [0.05, 0.1) is 23.2 Å². The van der Waals surface area contributed by atoms with Crippen molar-refractivity contribution in [1.82, 2.24) is 14.9 Å². The molecular formula is C30H26FN3O3. The van der Waals surface area contributed by atoms with Crippen LogP contribution in [-0.4, -0.2) is 32.4 Å². The van der Waals surface area contributed by atoms with Gasteiger partial charge in [-0.05, 0) is 53.3 Å². The molecule has 1 aliphatic carbocycles. The minimum Gasteiger partial charge on any atom is -0.378 e. The van der Waals surface area contributed by atoms with Crippen LogP contribution in [0.5, 0.6) is 0 Å². The number of aliphatic hydroxyl groups is 1. The Morgan fingerprint density at radius 2 is 1.73 bits per heavy atom. The zero-order valence-electron chi connectivity index (χ0n) is 20.2. The smallest absolute Gasteiger partial charge is 0.256 e. The first-order valence-corrected chi connectivity index (χ1v) is 12.5. The van der Waals surface area contributed by atoms with E-state index in [0.29, 0.717) is 46.7 Å². The van der Waals surface area contributed by atoms with E-state index in [4.69, 9.17) is 4.98 Å². The van der Waals surface area contributed by atoms with Gasteiger partial charge < -0.3 is 15.0 Å². The van der Waals surface area contributed by atoms with Crippen molar-refractivity contribution in [1.29, 1.82) is 0 Å². The van der Waals surface area contributed by atoms with Crippen LogP contribution >= 0.6 is 0 Å². The molecule has 6 nitrogen and oxygen atoms in total. The fourth-order valence-corrected chi connectivity index (χ4v) is 5.26. The summed E-state index contributed by atoms with van der Waals surface area (Å²) in [6.45, 7) is 0.455. The van der Waals surface area contributed by atoms with Gasteiger partial charge in [0, 0.05) is 13.0 Å². The quantitative estimate of drug-likeness (QED) is 0.433. The zero-order chi connectivity index (χ0) is 25.6. The van der Waals surface area contributed by atoms with Crippen LogP contribution in [0.2, 0.25) is 0 Å². The Morgan fingerprint density at radius 3 is 2.46 bits per heavy atom. The van der Waals surface area contributed by atoms with Crippen molar-refractivity contribution in [2.75, 3.05) is 6.54 Å². The molecule has 2 N–H and O–H groups in total. The Hall–Kier alpha value is -4.10. The molecular weight excluding hydrogens is 469 g/mol. The van der Waals surface area contributed by atoms with E-state index in [1.54, 1.807) is 36.4 Å². The van der Waals surface area contributed by atoms with Gasteiger partial charge in [0.1, 0.15) is 11.6 Å². The number of nitrogens with zero attached hydrogens (tertiary/aromatic N) is 2. The Morgan fingerprint density at radius 1 is 1.00 bits per heavy atom. The average Bonchev–Trinajstić information content (AvgIpc) is 3.75. The van der Waals surface area contributed by atoms with E-state index in [0.717, 1.165) is 18.4 Å². The molecule has 1 aromatic heterocycles. The molecule has 3 aromatic carbocycles. The van der Waals surface area contributed by atoms with E-state index in [9.17, 15) is 19.1 Å². The zero-order valence-corrected chi connectivity index (χ0v) is 20.2. The van der Waals surface area contributed by atoms with Gasteiger partial charge in [-0.3, -0.25) is 9.59 Å². The minimum absolute atomic E-state index is 0.0930. The van der Waals surface area contributed by atoms with Gasteiger partial charge in [-0.2, -0.15) is 0 Å². The number of H-pyrrole nitrogens is 1. The molecule has 6 rings (SSSR count). The SMILES string of the molecule is O=C(C(O)c1cccc(-c2cccc(F)c2)c1)N1CCc2nc(C3(c4ccccc4)CC3)[nH]c(=O)c2C1. The van der Waals surface area contributed by atoms with Gasteiger partial charge in [0.15, 0.2) is 6.10 Å². The molecule has 4 aromatic rings. The number of aliphatic hydroxyl groups excluding tert-OH is 1. The molecule has 1 unspecified atom stereocenters. The molecule has 0 bridgehead atoms. The van der Waals surface area contributed by atoms with Crippen LogP contribution in [0.4, 0.5) is 4.39 Å². The predicted molar refractivity (Wildman–Crippen MR) is 137 cm³/mol. The monoisotopic (exact) mass is 495 g/mol. The second kappa shape index (κ2) is 9.09. The molecule has 0 saturated heterocycles. The highest BCUT2D eigenvalue weighted by Crippen LogP contribution is 2.51. The van der Waals surface area contributed by atoms with Gasteiger partial charge in [0.25, 0.3) is 11.5 Å². The standard InChI is InChI=1S/C30H26FN3O3/c31-23-11-5-7-20(17-23)19-6-4-8-21(16-19)26(35)28(37)34-15-12-25-24(18-34)27(36)33-29(32-25)30(13-14-30)22-9-2-1-3-10-22/h1-11,16-17,26,35H,12-15,18H2,(H,32,33,36). The number of aromatic nitrogens is 2. The maximum absolute atomic E-state index is 13.7. The van der Waals surface area contributed by atoms with Crippen LogP contribution in [0.3, 0.4) is 0 Å². The number of halogens is 1. The Bertz CT molecular complexity index is 1550. The van der Waals surface area contributed by atoms with E-state index < -0.39 is 12.0 Å². The fourth-order valence-electron chi connectivity index (χ4n) is 5.26. The Labute approximate surface area is 213 Å². The van der Waals surface area contributed by atoms with E-state index in [2.05, 4.69) is 17.1 Å². The van der Waals surface area contributed by atoms with Crippen molar-refractivity contribution in [2.45, 2.75) is 37.3 Å². The van der Waals surface area contributed by atoms with Crippen molar-refractivity contribution < 1.29 is 14.3 Å². The lowest BCUT2D eigenvalue weighted by Crippen LogP contribution is -2.42. The number of hydrogen-bond donors (Lipinski definition) is 2. The van der Waals surface area contributed by atoms with Crippen molar-refractivity contribution in [3.63, 3.8) is 0 Å². The van der Waals surface area contributed by atoms with E-state index in [1.165, 1.54) is 17.0 Å². The predicted octanol–water partition coefficient (Wildman–Crippen LogP) is 4.27.